The van der Waals surface area contributed by atoms with Crippen molar-refractivity contribution in [3.05, 3.63) is 12.7 Å². The molecule has 19 heavy (non-hydrogen) atoms. The smallest absolute Gasteiger partial charge is 0.165 e. The number of nitrogen functional groups attached to an aromatic ring is 1. The van der Waals surface area contributed by atoms with E-state index in [1.807, 2.05) is 4.57 Å². The summed E-state index contributed by atoms with van der Waals surface area (Å²) < 4.78 is 1.96. The molecule has 6 nitrogen and oxygen atoms in total. The molecule has 0 aromatic carbocycles. The summed E-state index contributed by atoms with van der Waals surface area (Å²) >= 11 is 11.5. The third-order valence-corrected chi connectivity index (χ3v) is 3.23. The molecule has 0 aliphatic heterocycles. The Morgan fingerprint density at radius 1 is 1.11 bits per heavy atom. The SMILES string of the molecule is Nc1ncnc2c1ncn2CCN(CCCl)CCCl. The molecule has 2 aromatic rings. The fourth-order valence-electron chi connectivity index (χ4n) is 1.89. The first-order valence-electron chi connectivity index (χ1n) is 6.02. The van der Waals surface area contributed by atoms with Crippen LogP contribution in [-0.2, 0) is 6.54 Å². The Labute approximate surface area is 121 Å². The van der Waals surface area contributed by atoms with Crippen molar-refractivity contribution in [2.45, 2.75) is 6.54 Å². The first-order chi connectivity index (χ1) is 9.26. The van der Waals surface area contributed by atoms with E-state index < -0.39 is 0 Å². The predicted octanol–water partition coefficient (Wildman–Crippen LogP) is 1.19. The van der Waals surface area contributed by atoms with Crippen LogP contribution in [0.2, 0.25) is 0 Å². The maximum atomic E-state index is 5.77. The summed E-state index contributed by atoms with van der Waals surface area (Å²) in [7, 11) is 0. The fraction of sp³-hybridized carbons (Fsp3) is 0.545. The highest BCUT2D eigenvalue weighted by molar-refractivity contribution is 6.18. The largest absolute Gasteiger partial charge is 0.382 e. The van der Waals surface area contributed by atoms with Crippen LogP contribution in [0.3, 0.4) is 0 Å². The average molecular weight is 303 g/mol. The quantitative estimate of drug-likeness (QED) is 0.778. The van der Waals surface area contributed by atoms with Gasteiger partial charge in [0, 0.05) is 37.9 Å². The minimum atomic E-state index is 0.405. The van der Waals surface area contributed by atoms with E-state index in [1.165, 1.54) is 6.33 Å². The van der Waals surface area contributed by atoms with Crippen LogP contribution < -0.4 is 5.73 Å². The van der Waals surface area contributed by atoms with E-state index >= 15 is 0 Å². The molecule has 0 radical (unpaired) electrons. The van der Waals surface area contributed by atoms with Crippen molar-refractivity contribution in [2.75, 3.05) is 37.1 Å². The standard InChI is InChI=1S/C11H16Cl2N6/c12-1-3-18(4-2-13)5-6-19-8-17-9-10(14)15-7-16-11(9)19/h7-8H,1-6H2,(H2,14,15,16). The molecule has 2 heterocycles. The van der Waals surface area contributed by atoms with Crippen molar-refractivity contribution >= 4 is 40.2 Å². The number of alkyl halides is 2. The summed E-state index contributed by atoms with van der Waals surface area (Å²) in [6, 6.07) is 0. The number of halogens is 2. The van der Waals surface area contributed by atoms with E-state index in [4.69, 9.17) is 28.9 Å². The molecule has 104 valence electrons. The van der Waals surface area contributed by atoms with Crippen LogP contribution in [-0.4, -0.2) is 55.8 Å². The van der Waals surface area contributed by atoms with Crippen LogP contribution in [0.4, 0.5) is 5.82 Å². The Bertz CT molecular complexity index is 523. The number of hydrogen-bond acceptors (Lipinski definition) is 5. The first-order valence-corrected chi connectivity index (χ1v) is 7.08. The number of aromatic nitrogens is 4. The monoisotopic (exact) mass is 302 g/mol. The van der Waals surface area contributed by atoms with E-state index in [2.05, 4.69) is 19.9 Å². The number of nitrogens with two attached hydrogens (primary N) is 1. The van der Waals surface area contributed by atoms with Crippen LogP contribution in [0, 0.1) is 0 Å². The van der Waals surface area contributed by atoms with Gasteiger partial charge in [0.15, 0.2) is 11.5 Å². The third-order valence-electron chi connectivity index (χ3n) is 2.89. The van der Waals surface area contributed by atoms with Gasteiger partial charge in [-0.25, -0.2) is 15.0 Å². The van der Waals surface area contributed by atoms with E-state index in [1.54, 1.807) is 6.33 Å². The lowest BCUT2D eigenvalue weighted by Crippen LogP contribution is -2.31. The van der Waals surface area contributed by atoms with E-state index in [-0.39, 0.29) is 0 Å². The van der Waals surface area contributed by atoms with Crippen molar-refractivity contribution in [2.24, 2.45) is 0 Å². The van der Waals surface area contributed by atoms with E-state index in [0.717, 1.165) is 31.8 Å². The van der Waals surface area contributed by atoms with E-state index in [0.29, 0.717) is 23.1 Å². The second kappa shape index (κ2) is 6.88. The molecule has 8 heteroatoms. The van der Waals surface area contributed by atoms with Gasteiger partial charge >= 0.3 is 0 Å². The number of fused-ring (bicyclic) bond motifs is 1. The van der Waals surface area contributed by atoms with Crippen LogP contribution in [0.1, 0.15) is 0 Å². The zero-order valence-corrected chi connectivity index (χ0v) is 12.0. The Morgan fingerprint density at radius 2 is 1.84 bits per heavy atom. The minimum absolute atomic E-state index is 0.405. The van der Waals surface area contributed by atoms with E-state index in [9.17, 15) is 0 Å². The minimum Gasteiger partial charge on any atom is -0.382 e. The van der Waals surface area contributed by atoms with Gasteiger partial charge in [0.2, 0.25) is 0 Å². The summed E-state index contributed by atoms with van der Waals surface area (Å²) in [5.41, 5.74) is 7.14. The predicted molar refractivity (Wildman–Crippen MR) is 77.6 cm³/mol. The van der Waals surface area contributed by atoms with Gasteiger partial charge in [-0.3, -0.25) is 4.90 Å². The fourth-order valence-corrected chi connectivity index (χ4v) is 2.36. The van der Waals surface area contributed by atoms with Gasteiger partial charge in [0.05, 0.1) is 6.33 Å². The van der Waals surface area contributed by atoms with Crippen LogP contribution in [0.5, 0.6) is 0 Å². The summed E-state index contributed by atoms with van der Waals surface area (Å²) in [6.07, 6.45) is 3.18. The number of nitrogens with zero attached hydrogens (tertiary/aromatic N) is 5. The van der Waals surface area contributed by atoms with Gasteiger partial charge in [-0.2, -0.15) is 0 Å². The number of hydrogen-bond donors (Lipinski definition) is 1. The van der Waals surface area contributed by atoms with Gasteiger partial charge in [-0.05, 0) is 0 Å². The normalized spacial score (nSPS) is 11.5. The Balaban J connectivity index is 2.06. The van der Waals surface area contributed by atoms with Crippen molar-refractivity contribution in [1.82, 2.24) is 24.4 Å². The maximum Gasteiger partial charge on any atom is 0.165 e. The molecule has 2 N–H and O–H groups in total. The molecular formula is C11H16Cl2N6. The van der Waals surface area contributed by atoms with Crippen molar-refractivity contribution in [3.63, 3.8) is 0 Å². The highest BCUT2D eigenvalue weighted by Crippen LogP contribution is 2.13. The second-order valence-corrected chi connectivity index (χ2v) is 4.84. The highest BCUT2D eigenvalue weighted by Gasteiger charge is 2.09. The molecule has 2 aromatic heterocycles. The summed E-state index contributed by atoms with van der Waals surface area (Å²) in [5, 5.41) is 0. The third kappa shape index (κ3) is 3.46. The number of rotatable bonds is 7. The molecule has 0 spiro atoms. The van der Waals surface area contributed by atoms with Gasteiger partial charge in [-0.15, -0.1) is 23.2 Å². The highest BCUT2D eigenvalue weighted by atomic mass is 35.5. The molecule has 0 unspecified atom stereocenters. The molecule has 0 saturated carbocycles. The summed E-state index contributed by atoms with van der Waals surface area (Å²) in [4.78, 5) is 14.6. The van der Waals surface area contributed by atoms with Gasteiger partial charge < -0.3 is 10.3 Å². The van der Waals surface area contributed by atoms with Crippen molar-refractivity contribution in [3.8, 4) is 0 Å². The maximum absolute atomic E-state index is 5.77. The zero-order chi connectivity index (χ0) is 13.7. The topological polar surface area (TPSA) is 72.9 Å². The van der Waals surface area contributed by atoms with Gasteiger partial charge in [-0.1, -0.05) is 0 Å². The molecule has 0 atom stereocenters. The summed E-state index contributed by atoms with van der Waals surface area (Å²) in [6.45, 7) is 3.24. The molecule has 0 amide bonds. The second-order valence-electron chi connectivity index (χ2n) is 4.09. The Hall–Kier alpha value is -1.11. The van der Waals surface area contributed by atoms with Gasteiger partial charge in [0.25, 0.3) is 0 Å². The zero-order valence-electron chi connectivity index (χ0n) is 10.5. The molecule has 2 rings (SSSR count). The van der Waals surface area contributed by atoms with Crippen LogP contribution in [0.25, 0.3) is 11.2 Å². The molecule has 0 fully saturated rings. The molecule has 0 aliphatic carbocycles. The lowest BCUT2D eigenvalue weighted by atomic mass is 10.4. The average Bonchev–Trinajstić information content (AvgIpc) is 2.81. The summed E-state index contributed by atoms with van der Waals surface area (Å²) in [5.74, 6) is 1.59. The lowest BCUT2D eigenvalue weighted by molar-refractivity contribution is 0.295. The molecule has 0 bridgehead atoms. The molecule has 0 aliphatic rings. The number of anilines is 1. The lowest BCUT2D eigenvalue weighted by Gasteiger charge is -2.20. The van der Waals surface area contributed by atoms with Crippen LogP contribution in [0.15, 0.2) is 12.7 Å². The Kier molecular flexibility index (Phi) is 5.18. The van der Waals surface area contributed by atoms with Crippen molar-refractivity contribution < 1.29 is 0 Å². The number of imidazole rings is 1. The van der Waals surface area contributed by atoms with Crippen molar-refractivity contribution in [1.29, 1.82) is 0 Å². The van der Waals surface area contributed by atoms with Crippen LogP contribution >= 0.6 is 23.2 Å². The molecule has 0 saturated heterocycles. The first kappa shape index (κ1) is 14.3. The Morgan fingerprint density at radius 3 is 2.53 bits per heavy atom. The van der Waals surface area contributed by atoms with Gasteiger partial charge in [0.1, 0.15) is 11.8 Å². The molecular weight excluding hydrogens is 287 g/mol.